The number of ether oxygens (including phenoxy) is 1. The van der Waals surface area contributed by atoms with Gasteiger partial charge in [0.25, 0.3) is 0 Å². The number of rotatable bonds is 6. The van der Waals surface area contributed by atoms with Gasteiger partial charge in [-0.1, -0.05) is 48.5 Å². The van der Waals surface area contributed by atoms with Crippen molar-refractivity contribution >= 4 is 17.7 Å². The van der Waals surface area contributed by atoms with E-state index in [-0.39, 0.29) is 24.4 Å². The highest BCUT2D eigenvalue weighted by Crippen LogP contribution is 2.21. The second kappa shape index (κ2) is 7.79. The van der Waals surface area contributed by atoms with Crippen molar-refractivity contribution in [2.24, 2.45) is 0 Å². The Kier molecular flexibility index (Phi) is 5.52. The molecular weight excluding hydrogens is 294 g/mol. The first-order valence-corrected chi connectivity index (χ1v) is 7.05. The minimum absolute atomic E-state index is 0.0333. The van der Waals surface area contributed by atoms with Gasteiger partial charge in [0.1, 0.15) is 6.61 Å². The van der Waals surface area contributed by atoms with Crippen LogP contribution >= 0.6 is 0 Å². The highest BCUT2D eigenvalue weighted by atomic mass is 16.6. The van der Waals surface area contributed by atoms with Gasteiger partial charge >= 0.3 is 12.1 Å². The zero-order valence-electron chi connectivity index (χ0n) is 12.5. The van der Waals surface area contributed by atoms with Crippen LogP contribution in [0.4, 0.5) is 10.5 Å². The number of para-hydroxylation sites is 1. The van der Waals surface area contributed by atoms with Gasteiger partial charge in [0.05, 0.1) is 11.3 Å². The molecule has 0 saturated heterocycles. The Morgan fingerprint density at radius 3 is 2.39 bits per heavy atom. The van der Waals surface area contributed by atoms with Gasteiger partial charge < -0.3 is 9.84 Å². The Bertz CT molecular complexity index is 697. The third kappa shape index (κ3) is 4.20. The predicted molar refractivity (Wildman–Crippen MR) is 87.6 cm³/mol. The van der Waals surface area contributed by atoms with Crippen LogP contribution in [-0.2, 0) is 11.3 Å². The van der Waals surface area contributed by atoms with E-state index in [1.54, 1.807) is 18.2 Å². The molecule has 2 aromatic carbocycles. The second-order valence-electron chi connectivity index (χ2n) is 4.76. The fourth-order valence-electron chi connectivity index (χ4n) is 2.09. The summed E-state index contributed by atoms with van der Waals surface area (Å²) in [5.74, 6) is -1.11. The van der Waals surface area contributed by atoms with Gasteiger partial charge in [0.2, 0.25) is 0 Å². The van der Waals surface area contributed by atoms with Crippen LogP contribution in [0, 0.1) is 0 Å². The van der Waals surface area contributed by atoms with Crippen LogP contribution in [0.2, 0.25) is 0 Å². The molecule has 0 unspecified atom stereocenters. The lowest BCUT2D eigenvalue weighted by atomic mass is 10.1. The summed E-state index contributed by atoms with van der Waals surface area (Å²) in [7, 11) is 0. The van der Waals surface area contributed by atoms with Crippen LogP contribution in [0.5, 0.6) is 0 Å². The number of carbonyl (C=O) groups is 2. The van der Waals surface area contributed by atoms with E-state index < -0.39 is 12.1 Å². The first-order chi connectivity index (χ1) is 11.1. The van der Waals surface area contributed by atoms with Crippen LogP contribution in [0.3, 0.4) is 0 Å². The number of hydrogen-bond donors (Lipinski definition) is 1. The van der Waals surface area contributed by atoms with Gasteiger partial charge in [-0.3, -0.25) is 4.90 Å². The Hall–Kier alpha value is -3.08. The molecule has 0 heterocycles. The highest BCUT2D eigenvalue weighted by molar-refractivity contribution is 6.00. The molecule has 1 amide bonds. The van der Waals surface area contributed by atoms with E-state index in [9.17, 15) is 14.7 Å². The number of carboxylic acid groups (broad SMARTS) is 1. The number of carbonyl (C=O) groups excluding carboxylic acids is 1. The molecule has 2 aromatic rings. The summed E-state index contributed by atoms with van der Waals surface area (Å²) in [6, 6.07) is 15.5. The van der Waals surface area contributed by atoms with Gasteiger partial charge in [-0.15, -0.1) is 6.58 Å². The van der Waals surface area contributed by atoms with E-state index in [4.69, 9.17) is 4.74 Å². The van der Waals surface area contributed by atoms with Gasteiger partial charge in [0.15, 0.2) is 0 Å². The summed E-state index contributed by atoms with van der Waals surface area (Å²) in [5.41, 5.74) is 1.16. The van der Waals surface area contributed by atoms with E-state index in [2.05, 4.69) is 6.58 Å². The third-order valence-electron chi connectivity index (χ3n) is 3.16. The van der Waals surface area contributed by atoms with Gasteiger partial charge in [-0.05, 0) is 17.7 Å². The normalized spacial score (nSPS) is 9.91. The molecule has 5 heteroatoms. The Labute approximate surface area is 134 Å². The molecule has 23 heavy (non-hydrogen) atoms. The molecule has 0 radical (unpaired) electrons. The average Bonchev–Trinajstić information content (AvgIpc) is 2.58. The van der Waals surface area contributed by atoms with Crippen molar-refractivity contribution in [3.63, 3.8) is 0 Å². The van der Waals surface area contributed by atoms with Crippen LogP contribution in [0.1, 0.15) is 15.9 Å². The summed E-state index contributed by atoms with van der Waals surface area (Å²) < 4.78 is 5.28. The third-order valence-corrected chi connectivity index (χ3v) is 3.16. The zero-order valence-corrected chi connectivity index (χ0v) is 12.5. The van der Waals surface area contributed by atoms with E-state index in [1.807, 2.05) is 30.3 Å². The second-order valence-corrected chi connectivity index (χ2v) is 4.76. The summed E-state index contributed by atoms with van der Waals surface area (Å²) >= 11 is 0. The average molecular weight is 311 g/mol. The topological polar surface area (TPSA) is 66.8 Å². The SMILES string of the molecule is C=CCN(C(=O)OCc1ccccc1)c1ccccc1C(=O)O. The summed E-state index contributed by atoms with van der Waals surface area (Å²) in [6.45, 7) is 3.87. The van der Waals surface area contributed by atoms with Gasteiger partial charge in [-0.2, -0.15) is 0 Å². The van der Waals surface area contributed by atoms with Crippen LogP contribution in [0.15, 0.2) is 67.3 Å². The minimum Gasteiger partial charge on any atom is -0.478 e. The van der Waals surface area contributed by atoms with Crippen molar-refractivity contribution < 1.29 is 19.4 Å². The maximum atomic E-state index is 12.3. The molecule has 0 aliphatic heterocycles. The van der Waals surface area contributed by atoms with E-state index in [0.717, 1.165) is 5.56 Å². The number of hydrogen-bond acceptors (Lipinski definition) is 3. The molecule has 0 aliphatic rings. The minimum atomic E-state index is -1.11. The Balaban J connectivity index is 2.19. The molecule has 118 valence electrons. The maximum Gasteiger partial charge on any atom is 0.414 e. The summed E-state index contributed by atoms with van der Waals surface area (Å²) in [5, 5.41) is 9.27. The summed E-state index contributed by atoms with van der Waals surface area (Å²) in [4.78, 5) is 24.9. The Morgan fingerprint density at radius 1 is 1.09 bits per heavy atom. The maximum absolute atomic E-state index is 12.3. The molecule has 5 nitrogen and oxygen atoms in total. The van der Waals surface area contributed by atoms with Crippen molar-refractivity contribution in [1.82, 2.24) is 0 Å². The number of amides is 1. The first-order valence-electron chi connectivity index (χ1n) is 7.05. The molecule has 0 saturated carbocycles. The largest absolute Gasteiger partial charge is 0.478 e. The van der Waals surface area contributed by atoms with Gasteiger partial charge in [-0.25, -0.2) is 9.59 Å². The number of carboxylic acids is 1. The predicted octanol–water partition coefficient (Wildman–Crippen LogP) is 3.71. The van der Waals surface area contributed by atoms with Crippen molar-refractivity contribution in [3.05, 3.63) is 78.4 Å². The van der Waals surface area contributed by atoms with Gasteiger partial charge in [0, 0.05) is 6.54 Å². The van der Waals surface area contributed by atoms with Crippen LogP contribution < -0.4 is 4.90 Å². The number of aromatic carboxylic acids is 1. The standard InChI is InChI=1S/C18H17NO4/c1-2-12-19(16-11-7-6-10-15(16)17(20)21)18(22)23-13-14-8-4-3-5-9-14/h2-11H,1,12-13H2,(H,20,21). The van der Waals surface area contributed by atoms with Crippen LogP contribution in [0.25, 0.3) is 0 Å². The first kappa shape index (κ1) is 16.3. The van der Waals surface area contributed by atoms with E-state index in [0.29, 0.717) is 0 Å². The molecule has 0 aliphatic carbocycles. The molecule has 2 rings (SSSR count). The zero-order chi connectivity index (χ0) is 16.7. The highest BCUT2D eigenvalue weighted by Gasteiger charge is 2.21. The monoisotopic (exact) mass is 311 g/mol. The molecule has 0 aromatic heterocycles. The quantitative estimate of drug-likeness (QED) is 0.826. The summed E-state index contributed by atoms with van der Waals surface area (Å²) in [6.07, 6.45) is 0.894. The lowest BCUT2D eigenvalue weighted by molar-refractivity contribution is 0.0697. The molecule has 0 fully saturated rings. The van der Waals surface area contributed by atoms with Crippen LogP contribution in [-0.4, -0.2) is 23.7 Å². The van der Waals surface area contributed by atoms with Crippen molar-refractivity contribution in [1.29, 1.82) is 0 Å². The molecule has 0 bridgehead atoms. The molecule has 0 spiro atoms. The number of nitrogens with zero attached hydrogens (tertiary/aromatic N) is 1. The number of benzene rings is 2. The lowest BCUT2D eigenvalue weighted by Crippen LogP contribution is -2.32. The molecule has 1 N–H and O–H groups in total. The van der Waals surface area contributed by atoms with E-state index in [1.165, 1.54) is 17.0 Å². The number of anilines is 1. The van der Waals surface area contributed by atoms with Crippen molar-refractivity contribution in [2.75, 3.05) is 11.4 Å². The fourth-order valence-corrected chi connectivity index (χ4v) is 2.09. The van der Waals surface area contributed by atoms with Crippen molar-refractivity contribution in [2.45, 2.75) is 6.61 Å². The molecular formula is C18H17NO4. The lowest BCUT2D eigenvalue weighted by Gasteiger charge is -2.22. The Morgan fingerprint density at radius 2 is 1.74 bits per heavy atom. The smallest absolute Gasteiger partial charge is 0.414 e. The van der Waals surface area contributed by atoms with Crippen molar-refractivity contribution in [3.8, 4) is 0 Å². The van der Waals surface area contributed by atoms with E-state index >= 15 is 0 Å². The fraction of sp³-hybridized carbons (Fsp3) is 0.111. The molecule has 0 atom stereocenters.